The second-order valence-corrected chi connectivity index (χ2v) is 7.97. The highest BCUT2D eigenvalue weighted by Gasteiger charge is 2.34. The number of guanidine groups is 1. The minimum absolute atomic E-state index is 0.140. The van der Waals surface area contributed by atoms with Crippen molar-refractivity contribution >= 4 is 27.6 Å². The molecule has 0 amide bonds. The highest BCUT2D eigenvalue weighted by atomic mass is 32.2. The zero-order valence-electron chi connectivity index (χ0n) is 11.6. The lowest BCUT2D eigenvalue weighted by Gasteiger charge is -2.36. The molecule has 1 atom stereocenters. The number of sulfone groups is 1. The van der Waals surface area contributed by atoms with Gasteiger partial charge in [0.2, 0.25) is 5.96 Å². The Kier molecular flexibility index (Phi) is 6.95. The van der Waals surface area contributed by atoms with E-state index in [-0.39, 0.29) is 5.75 Å². The van der Waals surface area contributed by atoms with Gasteiger partial charge < -0.3 is 4.90 Å². The van der Waals surface area contributed by atoms with Gasteiger partial charge in [-0.15, -0.1) is 0 Å². The van der Waals surface area contributed by atoms with Crippen LogP contribution in [0.25, 0.3) is 0 Å². The highest BCUT2D eigenvalue weighted by molar-refractivity contribution is 8.01. The van der Waals surface area contributed by atoms with Crippen LogP contribution in [0, 0.1) is 0 Å². The predicted octanol–water partition coefficient (Wildman–Crippen LogP) is 0.415. The molecular formula is C11H24N4O2S2. The average molecular weight is 308 g/mol. The van der Waals surface area contributed by atoms with Gasteiger partial charge in [0.15, 0.2) is 9.84 Å². The zero-order valence-corrected chi connectivity index (χ0v) is 13.3. The van der Waals surface area contributed by atoms with Gasteiger partial charge in [0.1, 0.15) is 5.37 Å². The van der Waals surface area contributed by atoms with Crippen molar-refractivity contribution in [3.05, 3.63) is 0 Å². The lowest BCUT2D eigenvalue weighted by molar-refractivity contribution is 0.394. The molecule has 0 aromatic rings. The summed E-state index contributed by atoms with van der Waals surface area (Å²) in [6, 6.07) is 0. The van der Waals surface area contributed by atoms with Crippen molar-refractivity contribution in [1.82, 2.24) is 10.3 Å². The molecule has 0 radical (unpaired) electrons. The zero-order chi connectivity index (χ0) is 14.3. The Balaban J connectivity index is 2.88. The summed E-state index contributed by atoms with van der Waals surface area (Å²) in [5.41, 5.74) is 2.56. The van der Waals surface area contributed by atoms with E-state index in [1.165, 1.54) is 0 Å². The Labute approximate surface area is 120 Å². The first-order chi connectivity index (χ1) is 9.06. The maximum absolute atomic E-state index is 12.1. The van der Waals surface area contributed by atoms with E-state index in [0.717, 1.165) is 18.6 Å². The molecular weight excluding hydrogens is 284 g/mol. The summed E-state index contributed by atoms with van der Waals surface area (Å²) in [4.78, 5) is 6.18. The standard InChI is InChI=1S/C11H24N4O2S2/c1-3-5-6-13-11(14-12)15-7-8-18-9-10(15)19(16,17)4-2/h10H,3-9,12H2,1-2H3,(H,13,14). The molecule has 1 rings (SSSR count). The van der Waals surface area contributed by atoms with E-state index in [1.54, 1.807) is 23.6 Å². The largest absolute Gasteiger partial charge is 0.323 e. The van der Waals surface area contributed by atoms with Crippen LogP contribution in [0.1, 0.15) is 26.7 Å². The van der Waals surface area contributed by atoms with Crippen molar-refractivity contribution in [3.63, 3.8) is 0 Å². The summed E-state index contributed by atoms with van der Waals surface area (Å²) in [5, 5.41) is -0.521. The van der Waals surface area contributed by atoms with E-state index < -0.39 is 15.2 Å². The first kappa shape index (κ1) is 16.6. The second-order valence-electron chi connectivity index (χ2n) is 4.38. The summed E-state index contributed by atoms with van der Waals surface area (Å²) in [6.07, 6.45) is 2.02. The van der Waals surface area contributed by atoms with Crippen molar-refractivity contribution in [1.29, 1.82) is 0 Å². The molecule has 0 spiro atoms. The molecule has 1 saturated heterocycles. The van der Waals surface area contributed by atoms with E-state index >= 15 is 0 Å². The van der Waals surface area contributed by atoms with Crippen molar-refractivity contribution in [2.24, 2.45) is 10.8 Å². The van der Waals surface area contributed by atoms with Gasteiger partial charge in [-0.3, -0.25) is 10.4 Å². The third-order valence-electron chi connectivity index (χ3n) is 3.08. The topological polar surface area (TPSA) is 87.8 Å². The van der Waals surface area contributed by atoms with Crippen molar-refractivity contribution < 1.29 is 8.42 Å². The van der Waals surface area contributed by atoms with Gasteiger partial charge in [-0.05, 0) is 6.42 Å². The van der Waals surface area contributed by atoms with Crippen LogP contribution < -0.4 is 11.3 Å². The van der Waals surface area contributed by atoms with Crippen LogP contribution in [0.4, 0.5) is 0 Å². The Hall–Kier alpha value is -0.470. The number of thioether (sulfide) groups is 1. The number of aliphatic imine (C=N–C) groups is 1. The van der Waals surface area contributed by atoms with Crippen molar-refractivity contribution in [2.75, 3.05) is 30.3 Å². The Bertz CT molecular complexity index is 397. The summed E-state index contributed by atoms with van der Waals surface area (Å²) in [5.74, 6) is 7.61. The normalized spacial score (nSPS) is 21.5. The summed E-state index contributed by atoms with van der Waals surface area (Å²) >= 11 is 1.66. The Morgan fingerprint density at radius 2 is 2.26 bits per heavy atom. The minimum Gasteiger partial charge on any atom is -0.323 e. The molecule has 0 saturated carbocycles. The quantitative estimate of drug-likeness (QED) is 0.251. The molecule has 8 heteroatoms. The molecule has 1 aliphatic rings. The van der Waals surface area contributed by atoms with E-state index in [0.29, 0.717) is 24.8 Å². The summed E-state index contributed by atoms with van der Waals surface area (Å²) in [7, 11) is -3.13. The van der Waals surface area contributed by atoms with E-state index in [4.69, 9.17) is 5.84 Å². The van der Waals surface area contributed by atoms with Crippen LogP contribution in [-0.4, -0.2) is 55.0 Å². The summed E-state index contributed by atoms with van der Waals surface area (Å²) in [6.45, 7) is 5.09. The molecule has 112 valence electrons. The monoisotopic (exact) mass is 308 g/mol. The van der Waals surface area contributed by atoms with E-state index in [1.807, 2.05) is 0 Å². The van der Waals surface area contributed by atoms with Gasteiger partial charge in [-0.2, -0.15) is 11.8 Å². The van der Waals surface area contributed by atoms with Crippen LogP contribution in [0.3, 0.4) is 0 Å². The SMILES string of the molecule is CCCCN=C(NN)N1CCSCC1S(=O)(=O)CC. The van der Waals surface area contributed by atoms with Gasteiger partial charge in [0, 0.05) is 30.3 Å². The van der Waals surface area contributed by atoms with Crippen molar-refractivity contribution in [3.8, 4) is 0 Å². The number of rotatable bonds is 5. The average Bonchev–Trinajstić information content (AvgIpc) is 2.44. The molecule has 1 fully saturated rings. The van der Waals surface area contributed by atoms with Crippen LogP contribution in [0.5, 0.6) is 0 Å². The number of nitrogens with zero attached hydrogens (tertiary/aromatic N) is 2. The van der Waals surface area contributed by atoms with E-state index in [2.05, 4.69) is 17.3 Å². The summed E-state index contributed by atoms with van der Waals surface area (Å²) < 4.78 is 24.3. The third-order valence-corrected chi connectivity index (χ3v) is 6.36. The number of unbranched alkanes of at least 4 members (excludes halogenated alkanes) is 1. The number of nitrogens with one attached hydrogen (secondary N) is 1. The smallest absolute Gasteiger partial charge is 0.209 e. The molecule has 0 bridgehead atoms. The van der Waals surface area contributed by atoms with Crippen LogP contribution in [0.2, 0.25) is 0 Å². The molecule has 6 nitrogen and oxygen atoms in total. The number of nitrogens with two attached hydrogens (primary N) is 1. The molecule has 1 heterocycles. The lowest BCUT2D eigenvalue weighted by Crippen LogP contribution is -2.56. The van der Waals surface area contributed by atoms with E-state index in [9.17, 15) is 8.42 Å². The molecule has 0 aliphatic carbocycles. The third kappa shape index (κ3) is 4.54. The van der Waals surface area contributed by atoms with Gasteiger partial charge in [0.25, 0.3) is 0 Å². The molecule has 19 heavy (non-hydrogen) atoms. The maximum atomic E-state index is 12.1. The van der Waals surface area contributed by atoms with Crippen molar-refractivity contribution in [2.45, 2.75) is 32.1 Å². The van der Waals surface area contributed by atoms with Crippen LogP contribution in [0.15, 0.2) is 4.99 Å². The number of hydrogen-bond acceptors (Lipinski definition) is 5. The highest BCUT2D eigenvalue weighted by Crippen LogP contribution is 2.21. The fourth-order valence-corrected chi connectivity index (χ4v) is 4.85. The van der Waals surface area contributed by atoms with Crippen LogP contribution in [-0.2, 0) is 9.84 Å². The fourth-order valence-electron chi connectivity index (χ4n) is 1.88. The molecule has 0 aromatic heterocycles. The number of hydrogen-bond donors (Lipinski definition) is 2. The Morgan fingerprint density at radius 1 is 1.53 bits per heavy atom. The first-order valence-corrected chi connectivity index (χ1v) is 9.50. The maximum Gasteiger partial charge on any atom is 0.209 e. The predicted molar refractivity (Wildman–Crippen MR) is 81.8 cm³/mol. The van der Waals surface area contributed by atoms with Gasteiger partial charge >= 0.3 is 0 Å². The lowest BCUT2D eigenvalue weighted by atomic mass is 10.3. The molecule has 0 aromatic carbocycles. The number of hydrazine groups is 1. The molecule has 1 aliphatic heterocycles. The van der Waals surface area contributed by atoms with Gasteiger partial charge in [-0.25, -0.2) is 14.3 Å². The van der Waals surface area contributed by atoms with Gasteiger partial charge in [-0.1, -0.05) is 20.3 Å². The second kappa shape index (κ2) is 7.96. The molecule has 1 unspecified atom stereocenters. The fraction of sp³-hybridized carbons (Fsp3) is 0.909. The van der Waals surface area contributed by atoms with Crippen LogP contribution >= 0.6 is 11.8 Å². The Morgan fingerprint density at radius 3 is 2.84 bits per heavy atom. The van der Waals surface area contributed by atoms with Gasteiger partial charge in [0.05, 0.1) is 0 Å². The first-order valence-electron chi connectivity index (χ1n) is 6.63. The molecule has 3 N–H and O–H groups in total. The minimum atomic E-state index is -3.13.